The van der Waals surface area contributed by atoms with Crippen LogP contribution in [0.1, 0.15) is 36.3 Å². The van der Waals surface area contributed by atoms with Gasteiger partial charge in [0.05, 0.1) is 17.8 Å². The predicted molar refractivity (Wildman–Crippen MR) is 100 cm³/mol. The standard InChI is InChI=1S/C20H24N4O2/c1-14(2)11-18-23-17-9-4-3-8-16(17)20(26)24(18)13-19(25)22-12-15-7-5-6-10-21-15/h3-10,14,18,23H,11-13H2,1-2H3,(H,22,25). The van der Waals surface area contributed by atoms with Gasteiger partial charge in [0, 0.05) is 11.9 Å². The quantitative estimate of drug-likeness (QED) is 0.838. The fraction of sp³-hybridized carbons (Fsp3) is 0.350. The molecule has 0 spiro atoms. The molecule has 2 heterocycles. The molecule has 0 bridgehead atoms. The summed E-state index contributed by atoms with van der Waals surface area (Å²) in [5, 5.41) is 6.24. The maximum atomic E-state index is 12.9. The molecule has 6 heteroatoms. The van der Waals surface area contributed by atoms with E-state index in [0.717, 1.165) is 17.8 Å². The molecule has 1 atom stereocenters. The van der Waals surface area contributed by atoms with Crippen LogP contribution in [0.3, 0.4) is 0 Å². The molecular formula is C20H24N4O2. The van der Waals surface area contributed by atoms with Crippen LogP contribution in [-0.4, -0.2) is 34.4 Å². The topological polar surface area (TPSA) is 74.3 Å². The Bertz CT molecular complexity index is 776. The van der Waals surface area contributed by atoms with Crippen molar-refractivity contribution in [1.82, 2.24) is 15.2 Å². The van der Waals surface area contributed by atoms with Crippen molar-refractivity contribution in [2.24, 2.45) is 5.92 Å². The fourth-order valence-electron chi connectivity index (χ4n) is 3.07. The third-order valence-corrected chi connectivity index (χ3v) is 4.32. The number of anilines is 1. The van der Waals surface area contributed by atoms with E-state index in [1.165, 1.54) is 0 Å². The first kappa shape index (κ1) is 17.9. The normalized spacial score (nSPS) is 16.2. The van der Waals surface area contributed by atoms with Gasteiger partial charge >= 0.3 is 0 Å². The number of hydrogen-bond acceptors (Lipinski definition) is 4. The Labute approximate surface area is 153 Å². The number of hydrogen-bond donors (Lipinski definition) is 2. The highest BCUT2D eigenvalue weighted by Crippen LogP contribution is 2.27. The molecule has 0 fully saturated rings. The van der Waals surface area contributed by atoms with Gasteiger partial charge < -0.3 is 15.5 Å². The minimum atomic E-state index is -0.196. The molecule has 1 aromatic heterocycles. The van der Waals surface area contributed by atoms with Gasteiger partial charge in [-0.3, -0.25) is 14.6 Å². The molecule has 1 aliphatic rings. The molecule has 0 aliphatic carbocycles. The fourth-order valence-corrected chi connectivity index (χ4v) is 3.07. The zero-order valence-corrected chi connectivity index (χ0v) is 15.1. The van der Waals surface area contributed by atoms with Crippen LogP contribution in [0.5, 0.6) is 0 Å². The highest BCUT2D eigenvalue weighted by atomic mass is 16.2. The molecule has 0 saturated carbocycles. The van der Waals surface area contributed by atoms with Gasteiger partial charge in [-0.15, -0.1) is 0 Å². The molecule has 1 aromatic carbocycles. The number of benzene rings is 1. The van der Waals surface area contributed by atoms with Crippen molar-refractivity contribution in [1.29, 1.82) is 0 Å². The molecule has 6 nitrogen and oxygen atoms in total. The molecule has 0 saturated heterocycles. The maximum absolute atomic E-state index is 12.9. The molecule has 1 aliphatic heterocycles. The van der Waals surface area contributed by atoms with Crippen LogP contribution in [0.25, 0.3) is 0 Å². The molecule has 2 amide bonds. The van der Waals surface area contributed by atoms with Gasteiger partial charge in [0.15, 0.2) is 0 Å². The van der Waals surface area contributed by atoms with E-state index in [0.29, 0.717) is 18.0 Å². The Kier molecular flexibility index (Phi) is 5.51. The minimum absolute atomic E-state index is 0.0182. The lowest BCUT2D eigenvalue weighted by atomic mass is 10.0. The first-order chi connectivity index (χ1) is 12.5. The zero-order chi connectivity index (χ0) is 18.5. The van der Waals surface area contributed by atoms with Gasteiger partial charge in [-0.25, -0.2) is 0 Å². The Morgan fingerprint density at radius 3 is 2.73 bits per heavy atom. The Morgan fingerprint density at radius 2 is 2.00 bits per heavy atom. The monoisotopic (exact) mass is 352 g/mol. The van der Waals surface area contributed by atoms with Crippen molar-refractivity contribution >= 4 is 17.5 Å². The number of aromatic nitrogens is 1. The average Bonchev–Trinajstić information content (AvgIpc) is 2.64. The average molecular weight is 352 g/mol. The predicted octanol–water partition coefficient (Wildman–Crippen LogP) is 2.64. The van der Waals surface area contributed by atoms with E-state index in [2.05, 4.69) is 29.5 Å². The van der Waals surface area contributed by atoms with Crippen molar-refractivity contribution in [3.8, 4) is 0 Å². The Morgan fingerprint density at radius 1 is 1.23 bits per heavy atom. The molecule has 2 aromatic rings. The summed E-state index contributed by atoms with van der Waals surface area (Å²) in [6.07, 6.45) is 2.26. The van der Waals surface area contributed by atoms with Gasteiger partial charge in [-0.1, -0.05) is 32.0 Å². The van der Waals surface area contributed by atoms with Crippen molar-refractivity contribution < 1.29 is 9.59 Å². The lowest BCUT2D eigenvalue weighted by molar-refractivity contribution is -0.122. The molecule has 3 rings (SSSR count). The number of pyridine rings is 1. The number of nitrogens with zero attached hydrogens (tertiary/aromatic N) is 2. The van der Waals surface area contributed by atoms with E-state index in [1.807, 2.05) is 36.4 Å². The Hall–Kier alpha value is -2.89. The first-order valence-electron chi connectivity index (χ1n) is 8.87. The molecule has 136 valence electrons. The SMILES string of the molecule is CC(C)CC1Nc2ccccc2C(=O)N1CC(=O)NCc1ccccn1. The van der Waals surface area contributed by atoms with Crippen molar-refractivity contribution in [3.63, 3.8) is 0 Å². The van der Waals surface area contributed by atoms with Gasteiger partial charge in [-0.2, -0.15) is 0 Å². The maximum Gasteiger partial charge on any atom is 0.258 e. The van der Waals surface area contributed by atoms with Crippen LogP contribution in [0.4, 0.5) is 5.69 Å². The van der Waals surface area contributed by atoms with E-state index in [-0.39, 0.29) is 24.5 Å². The Balaban J connectivity index is 1.70. The van der Waals surface area contributed by atoms with E-state index in [9.17, 15) is 9.59 Å². The molecular weight excluding hydrogens is 328 g/mol. The summed E-state index contributed by atoms with van der Waals surface area (Å²) in [4.78, 5) is 31.1. The number of carbonyl (C=O) groups is 2. The smallest absolute Gasteiger partial charge is 0.258 e. The minimum Gasteiger partial charge on any atom is -0.364 e. The lowest BCUT2D eigenvalue weighted by Crippen LogP contribution is -2.52. The zero-order valence-electron chi connectivity index (χ0n) is 15.1. The summed E-state index contributed by atoms with van der Waals surface area (Å²) in [7, 11) is 0. The third-order valence-electron chi connectivity index (χ3n) is 4.32. The molecule has 1 unspecified atom stereocenters. The van der Waals surface area contributed by atoms with Crippen LogP contribution in [-0.2, 0) is 11.3 Å². The first-order valence-corrected chi connectivity index (χ1v) is 8.87. The van der Waals surface area contributed by atoms with Crippen LogP contribution in [0.2, 0.25) is 0 Å². The van der Waals surface area contributed by atoms with E-state index in [4.69, 9.17) is 0 Å². The molecule has 26 heavy (non-hydrogen) atoms. The molecule has 2 N–H and O–H groups in total. The number of nitrogens with one attached hydrogen (secondary N) is 2. The van der Waals surface area contributed by atoms with E-state index >= 15 is 0 Å². The van der Waals surface area contributed by atoms with Crippen molar-refractivity contribution in [3.05, 3.63) is 59.9 Å². The largest absolute Gasteiger partial charge is 0.364 e. The van der Waals surface area contributed by atoms with Crippen molar-refractivity contribution in [2.45, 2.75) is 33.0 Å². The van der Waals surface area contributed by atoms with Gasteiger partial charge in [0.25, 0.3) is 5.91 Å². The number of rotatable bonds is 6. The summed E-state index contributed by atoms with van der Waals surface area (Å²) < 4.78 is 0. The number of para-hydroxylation sites is 1. The highest BCUT2D eigenvalue weighted by Gasteiger charge is 2.33. The van der Waals surface area contributed by atoms with E-state index < -0.39 is 0 Å². The van der Waals surface area contributed by atoms with Crippen LogP contribution in [0.15, 0.2) is 48.7 Å². The van der Waals surface area contributed by atoms with Gasteiger partial charge in [0.2, 0.25) is 5.91 Å². The van der Waals surface area contributed by atoms with Crippen LogP contribution < -0.4 is 10.6 Å². The summed E-state index contributed by atoms with van der Waals surface area (Å²) in [5.41, 5.74) is 2.21. The van der Waals surface area contributed by atoms with E-state index in [1.54, 1.807) is 17.2 Å². The molecule has 0 radical (unpaired) electrons. The summed E-state index contributed by atoms with van der Waals surface area (Å²) in [6.45, 7) is 4.57. The third kappa shape index (κ3) is 4.20. The highest BCUT2D eigenvalue weighted by molar-refractivity contribution is 6.03. The van der Waals surface area contributed by atoms with Crippen LogP contribution >= 0.6 is 0 Å². The summed E-state index contributed by atoms with van der Waals surface area (Å²) in [6, 6.07) is 13.0. The van der Waals surface area contributed by atoms with Gasteiger partial charge in [0.1, 0.15) is 12.7 Å². The number of fused-ring (bicyclic) bond motifs is 1. The second-order valence-corrected chi connectivity index (χ2v) is 6.87. The second-order valence-electron chi connectivity index (χ2n) is 6.87. The van der Waals surface area contributed by atoms with Crippen molar-refractivity contribution in [2.75, 3.05) is 11.9 Å². The summed E-state index contributed by atoms with van der Waals surface area (Å²) >= 11 is 0. The second kappa shape index (κ2) is 7.99. The number of carbonyl (C=O) groups excluding carboxylic acids is 2. The van der Waals surface area contributed by atoms with Gasteiger partial charge in [-0.05, 0) is 36.6 Å². The lowest BCUT2D eigenvalue weighted by Gasteiger charge is -2.38. The number of amides is 2. The summed E-state index contributed by atoms with van der Waals surface area (Å²) in [5.74, 6) is 0.0848. The van der Waals surface area contributed by atoms with Crippen LogP contribution in [0, 0.1) is 5.92 Å².